The second kappa shape index (κ2) is 10.4. The van der Waals surface area contributed by atoms with E-state index in [-0.39, 0.29) is 17.0 Å². The fourth-order valence-corrected chi connectivity index (χ4v) is 5.02. The molecule has 1 saturated carbocycles. The molecule has 11 heteroatoms. The van der Waals surface area contributed by atoms with Crippen molar-refractivity contribution in [2.24, 2.45) is 0 Å². The van der Waals surface area contributed by atoms with Crippen molar-refractivity contribution in [3.8, 4) is 0 Å². The molecule has 2 aliphatic rings. The number of hydrogen-bond acceptors (Lipinski definition) is 5. The summed E-state index contributed by atoms with van der Waals surface area (Å²) in [5, 5.41) is 5.08. The summed E-state index contributed by atoms with van der Waals surface area (Å²) in [6, 6.07) is 8.61. The van der Waals surface area contributed by atoms with E-state index in [1.54, 1.807) is 16.8 Å². The molecule has 1 aliphatic carbocycles. The Morgan fingerprint density at radius 1 is 1.17 bits per heavy atom. The number of nitrogens with one attached hydrogen (secondary N) is 3. The number of amides is 3. The minimum atomic E-state index is -4.55. The second-order valence-electron chi connectivity index (χ2n) is 8.92. The smallest absolute Gasteiger partial charge is 0.326 e. The van der Waals surface area contributed by atoms with Gasteiger partial charge in [0, 0.05) is 24.2 Å². The van der Waals surface area contributed by atoms with Crippen molar-refractivity contribution in [2.75, 3.05) is 29.6 Å². The molecule has 188 valence electrons. The van der Waals surface area contributed by atoms with Crippen LogP contribution < -0.4 is 20.3 Å². The maximum Gasteiger partial charge on any atom is 0.433 e. The zero-order chi connectivity index (χ0) is 25.1. The molecule has 3 amide bonds. The average Bonchev–Trinajstić information content (AvgIpc) is 2.80. The largest absolute Gasteiger partial charge is 0.433 e. The Bertz CT molecular complexity index is 1040. The Morgan fingerprint density at radius 2 is 1.91 bits per heavy atom. The first-order valence-electron chi connectivity index (χ1n) is 11.5. The van der Waals surface area contributed by atoms with Gasteiger partial charge in [0.1, 0.15) is 11.7 Å². The van der Waals surface area contributed by atoms with Gasteiger partial charge in [-0.3, -0.25) is 9.52 Å². The number of pyridine rings is 1. The third kappa shape index (κ3) is 5.72. The number of nitrogens with zero attached hydrogens (tertiary/aromatic N) is 2. The highest BCUT2D eigenvalue weighted by Gasteiger charge is 2.38. The molecule has 1 unspecified atom stereocenters. The van der Waals surface area contributed by atoms with Crippen LogP contribution in [0.2, 0.25) is 0 Å². The molecule has 1 aromatic heterocycles. The first-order valence-corrected chi connectivity index (χ1v) is 12.7. The maximum absolute atomic E-state index is 13.1. The summed E-state index contributed by atoms with van der Waals surface area (Å²) < 4.78 is 41.3. The molecule has 0 bridgehead atoms. The summed E-state index contributed by atoms with van der Waals surface area (Å²) in [6.07, 6.45) is 3.07. The van der Waals surface area contributed by atoms with Crippen LogP contribution in [0, 0.1) is 0 Å². The normalized spacial score (nSPS) is 19.7. The number of aromatic nitrogens is 1. The van der Waals surface area contributed by atoms with Gasteiger partial charge in [0.15, 0.2) is 0 Å². The first kappa shape index (κ1) is 25.3. The number of rotatable bonds is 7. The number of urea groups is 1. The number of alkyl halides is 3. The van der Waals surface area contributed by atoms with E-state index in [1.807, 2.05) is 18.4 Å². The SMILES string of the molecule is CSNCC1(c2ccc(N3CCCC(NC(=O)Nc4ccc(C(F)(F)F)nc4)C3=O)cc2)CCC1. The molecule has 1 atom stereocenters. The highest BCUT2D eigenvalue weighted by molar-refractivity contribution is 7.96. The highest BCUT2D eigenvalue weighted by atomic mass is 32.2. The maximum atomic E-state index is 13.1. The van der Waals surface area contributed by atoms with Crippen LogP contribution in [0.25, 0.3) is 0 Å². The molecule has 2 heterocycles. The summed E-state index contributed by atoms with van der Waals surface area (Å²) in [6.45, 7) is 1.46. The fraction of sp³-hybridized carbons (Fsp3) is 0.458. The topological polar surface area (TPSA) is 86.4 Å². The third-order valence-electron chi connectivity index (χ3n) is 6.71. The zero-order valence-corrected chi connectivity index (χ0v) is 20.1. The molecule has 0 spiro atoms. The molecule has 2 fully saturated rings. The van der Waals surface area contributed by atoms with E-state index in [9.17, 15) is 22.8 Å². The Kier molecular flexibility index (Phi) is 7.56. The van der Waals surface area contributed by atoms with Crippen molar-refractivity contribution in [1.82, 2.24) is 15.0 Å². The van der Waals surface area contributed by atoms with Gasteiger partial charge in [0.05, 0.1) is 11.9 Å². The van der Waals surface area contributed by atoms with Crippen molar-refractivity contribution in [3.63, 3.8) is 0 Å². The fourth-order valence-electron chi connectivity index (χ4n) is 4.60. The summed E-state index contributed by atoms with van der Waals surface area (Å²) in [7, 11) is 0. The van der Waals surface area contributed by atoms with Crippen LogP contribution in [-0.4, -0.2) is 42.3 Å². The molecule has 7 nitrogen and oxygen atoms in total. The molecule has 1 aromatic carbocycles. The van der Waals surface area contributed by atoms with Crippen LogP contribution in [0.1, 0.15) is 43.4 Å². The van der Waals surface area contributed by atoms with Crippen molar-refractivity contribution in [1.29, 1.82) is 0 Å². The first-order chi connectivity index (χ1) is 16.7. The zero-order valence-electron chi connectivity index (χ0n) is 19.3. The molecular formula is C24H28F3N5O2S. The summed E-state index contributed by atoms with van der Waals surface area (Å²) in [4.78, 5) is 30.5. The quantitative estimate of drug-likeness (QED) is 0.473. The van der Waals surface area contributed by atoms with Crippen molar-refractivity contribution in [2.45, 2.75) is 49.7 Å². The predicted molar refractivity (Wildman–Crippen MR) is 130 cm³/mol. The molecule has 2 aromatic rings. The number of piperidine rings is 1. The molecule has 4 rings (SSSR count). The molecular weight excluding hydrogens is 479 g/mol. The standard InChI is InChI=1S/C24H28F3N5O2S/c1-35-29-15-23(11-3-12-23)16-5-8-18(9-6-16)32-13-2-4-19(21(32)33)31-22(34)30-17-7-10-20(28-14-17)24(25,26)27/h5-10,14,19,29H,2-4,11-13,15H2,1H3,(H2,30,31,34). The van der Waals surface area contributed by atoms with Crippen molar-refractivity contribution >= 4 is 35.3 Å². The molecule has 1 saturated heterocycles. The van der Waals surface area contributed by atoms with Gasteiger partial charge in [-0.25, -0.2) is 9.78 Å². The number of anilines is 2. The van der Waals surface area contributed by atoms with Crippen molar-refractivity contribution < 1.29 is 22.8 Å². The second-order valence-corrected chi connectivity index (χ2v) is 9.62. The Morgan fingerprint density at radius 3 is 2.49 bits per heavy atom. The predicted octanol–water partition coefficient (Wildman–Crippen LogP) is 4.71. The van der Waals surface area contributed by atoms with E-state index in [1.165, 1.54) is 12.0 Å². The van der Waals surface area contributed by atoms with E-state index in [0.29, 0.717) is 19.4 Å². The molecule has 0 radical (unpaired) electrons. The molecule has 1 aliphatic heterocycles. The van der Waals surface area contributed by atoms with Gasteiger partial charge < -0.3 is 15.5 Å². The lowest BCUT2D eigenvalue weighted by Gasteiger charge is -2.43. The van der Waals surface area contributed by atoms with E-state index in [0.717, 1.165) is 43.4 Å². The van der Waals surface area contributed by atoms with Crippen LogP contribution in [0.4, 0.5) is 29.3 Å². The van der Waals surface area contributed by atoms with Gasteiger partial charge in [0.25, 0.3) is 0 Å². The minimum absolute atomic E-state index is 0.104. The Labute approximate surface area is 206 Å². The van der Waals surface area contributed by atoms with Gasteiger partial charge >= 0.3 is 12.2 Å². The number of carbonyl (C=O) groups is 2. The monoisotopic (exact) mass is 507 g/mol. The van der Waals surface area contributed by atoms with E-state index >= 15 is 0 Å². The highest BCUT2D eigenvalue weighted by Crippen LogP contribution is 2.44. The molecule has 35 heavy (non-hydrogen) atoms. The summed E-state index contributed by atoms with van der Waals surface area (Å²) >= 11 is 1.61. The van der Waals surface area contributed by atoms with Gasteiger partial charge in [-0.05, 0) is 61.8 Å². The van der Waals surface area contributed by atoms with Crippen LogP contribution in [-0.2, 0) is 16.4 Å². The lowest BCUT2D eigenvalue weighted by Crippen LogP contribution is -2.53. The van der Waals surface area contributed by atoms with Crippen molar-refractivity contribution in [3.05, 3.63) is 53.9 Å². The lowest BCUT2D eigenvalue weighted by molar-refractivity contribution is -0.141. The number of benzene rings is 1. The van der Waals surface area contributed by atoms with Gasteiger partial charge in [-0.15, -0.1) is 0 Å². The number of halogens is 3. The molecule has 3 N–H and O–H groups in total. The van der Waals surface area contributed by atoms with Crippen LogP contribution >= 0.6 is 11.9 Å². The Hall–Kier alpha value is -2.79. The van der Waals surface area contributed by atoms with Gasteiger partial charge in [-0.1, -0.05) is 30.5 Å². The van der Waals surface area contributed by atoms with E-state index in [4.69, 9.17) is 0 Å². The minimum Gasteiger partial charge on any atom is -0.326 e. The lowest BCUT2D eigenvalue weighted by atomic mass is 9.64. The van der Waals surface area contributed by atoms with E-state index in [2.05, 4.69) is 32.5 Å². The number of carbonyl (C=O) groups excluding carboxylic acids is 2. The Balaban J connectivity index is 1.37. The summed E-state index contributed by atoms with van der Waals surface area (Å²) in [5.41, 5.74) is 1.24. The number of hydrogen-bond donors (Lipinski definition) is 3. The summed E-state index contributed by atoms with van der Waals surface area (Å²) in [5.74, 6) is -0.216. The van der Waals surface area contributed by atoms with Crippen LogP contribution in [0.15, 0.2) is 42.6 Å². The van der Waals surface area contributed by atoms with Crippen LogP contribution in [0.5, 0.6) is 0 Å². The average molecular weight is 508 g/mol. The van der Waals surface area contributed by atoms with Gasteiger partial charge in [-0.2, -0.15) is 13.2 Å². The van der Waals surface area contributed by atoms with Gasteiger partial charge in [0.2, 0.25) is 5.91 Å². The van der Waals surface area contributed by atoms with E-state index < -0.39 is 23.9 Å². The third-order valence-corrected chi connectivity index (χ3v) is 7.15. The van der Waals surface area contributed by atoms with Crippen LogP contribution in [0.3, 0.4) is 0 Å².